The van der Waals surface area contributed by atoms with Crippen molar-refractivity contribution >= 4 is 87.1 Å². The maximum atomic E-state index is 12.6. The Morgan fingerprint density at radius 3 is 1.50 bits per heavy atom. The molecule has 0 nitrogen and oxygen atoms in total. The molecule has 0 spiro atoms. The third-order valence-corrected chi connectivity index (χ3v) is 8.56. The highest BCUT2D eigenvalue weighted by Crippen LogP contribution is 2.42. The van der Waals surface area contributed by atoms with E-state index in [0.717, 1.165) is 0 Å². The van der Waals surface area contributed by atoms with Crippen molar-refractivity contribution in [2.75, 3.05) is 0 Å². The number of hydrogen-bond acceptors (Lipinski definition) is 0. The predicted molar refractivity (Wildman–Crippen MR) is 81.7 cm³/mol. The monoisotopic (exact) mass is 658 g/mol. The van der Waals surface area contributed by atoms with E-state index in [-0.39, 0.29) is 10.7 Å². The predicted octanol–water partition coefficient (Wildman–Crippen LogP) is 5.79. The topological polar surface area (TPSA) is 0 Å². The van der Waals surface area contributed by atoms with Crippen molar-refractivity contribution in [2.45, 2.75) is 0 Å². The van der Waals surface area contributed by atoms with Gasteiger partial charge in [-0.25, -0.2) is 0 Å². The summed E-state index contributed by atoms with van der Waals surface area (Å²) in [6, 6.07) is 2.75. The smallest absolute Gasteiger partial charge is 0.111 e. The molecule has 8 heteroatoms. The number of hydrogen-bond donors (Lipinski definition) is 0. The Morgan fingerprint density at radius 1 is 0.714 bits per heavy atom. The van der Waals surface area contributed by atoms with Gasteiger partial charge in [0.1, 0.15) is 87.1 Å². The van der Waals surface area contributed by atoms with Gasteiger partial charge < -0.3 is 0 Å². The van der Waals surface area contributed by atoms with E-state index in [1.165, 1.54) is 12.1 Å². The lowest BCUT2D eigenvalue weighted by Gasteiger charge is -2.05. The highest BCUT2D eigenvalue weighted by molar-refractivity contribution is 14.2. The summed E-state index contributed by atoms with van der Waals surface area (Å²) >= 11 is -7.01. The molecule has 0 bridgehead atoms. The van der Waals surface area contributed by atoms with Crippen LogP contribution in [0.25, 0.3) is 0 Å². The van der Waals surface area contributed by atoms with Crippen LogP contribution in [-0.2, 0) is 0 Å². The van der Waals surface area contributed by atoms with Crippen molar-refractivity contribution in [1.29, 1.82) is 0 Å². The van der Waals surface area contributed by atoms with Crippen molar-refractivity contribution in [3.8, 4) is 0 Å². The Labute approximate surface area is 123 Å². The molecule has 0 N–H and O–H groups in total. The molecule has 0 saturated carbocycles. The summed E-state index contributed by atoms with van der Waals surface area (Å²) in [5.74, 6) is 0. The van der Waals surface area contributed by atoms with Gasteiger partial charge in [-0.05, 0) is 12.1 Å². The number of benzene rings is 1. The van der Waals surface area contributed by atoms with E-state index in [1.54, 1.807) is 0 Å². The molecule has 0 aliphatic rings. The van der Waals surface area contributed by atoms with E-state index in [9.17, 15) is 11.4 Å². The summed E-state index contributed by atoms with van der Waals surface area (Å²) in [6.07, 6.45) is 0. The van der Waals surface area contributed by atoms with Crippen LogP contribution in [0.15, 0.2) is 12.1 Å². The molecule has 0 aliphatic carbocycles. The van der Waals surface area contributed by atoms with Gasteiger partial charge in [0.25, 0.3) is 0 Å². The van der Waals surface area contributed by atoms with Gasteiger partial charge in [0.2, 0.25) is 0 Å². The molecule has 1 rings (SSSR count). The van der Waals surface area contributed by atoms with Gasteiger partial charge in [-0.2, -0.15) is 11.4 Å². The maximum absolute atomic E-state index is 12.6. The zero-order valence-electron chi connectivity index (χ0n) is 6.18. The lowest BCUT2D eigenvalue weighted by Crippen LogP contribution is -1.90. The van der Waals surface area contributed by atoms with Crippen LogP contribution in [0.1, 0.15) is 0 Å². The van der Waals surface area contributed by atoms with Crippen LogP contribution in [0.3, 0.4) is 0 Å². The quantitative estimate of drug-likeness (QED) is 0.167. The first-order chi connectivity index (χ1) is 6.76. The minimum atomic E-state index is -1.80. The summed E-state index contributed by atoms with van der Waals surface area (Å²) in [4.78, 5) is 0. The van der Waals surface area contributed by atoms with Crippen LogP contribution in [0.4, 0.5) is 11.4 Å². The molecule has 1 aromatic rings. The van der Waals surface area contributed by atoms with Crippen LogP contribution in [0, 0.1) is 14.3 Å². The second-order valence-corrected chi connectivity index (χ2v) is 8.25. The molecule has 1 aromatic carbocycles. The van der Waals surface area contributed by atoms with Gasteiger partial charge in [-0.3, -0.25) is 0 Å². The fourth-order valence-corrected chi connectivity index (χ4v) is 7.92. The van der Waals surface area contributed by atoms with E-state index in [0.29, 0.717) is 3.57 Å². The van der Waals surface area contributed by atoms with Crippen LogP contribution in [-0.4, -0.2) is 0 Å². The lowest BCUT2D eigenvalue weighted by atomic mass is 10.4. The summed E-state index contributed by atoms with van der Waals surface area (Å²) in [5.41, 5.74) is 0. The highest BCUT2D eigenvalue weighted by Gasteiger charge is 2.14. The van der Waals surface area contributed by atoms with E-state index in [4.69, 9.17) is 0 Å². The minimum Gasteiger partial charge on any atom is -0.179 e. The molecular weight excluding hydrogens is 656 g/mol. The third-order valence-electron chi connectivity index (χ3n) is 1.26. The fraction of sp³-hybridized carbons (Fsp3) is 0. The van der Waals surface area contributed by atoms with E-state index in [2.05, 4.69) is 0 Å². The summed E-state index contributed by atoms with van der Waals surface area (Å²) < 4.78 is 51.2. The van der Waals surface area contributed by atoms with Crippen LogP contribution < -0.4 is 0 Å². The first kappa shape index (κ1) is 13.9. The SMILES string of the molecule is F[I]c1cc([I]F)c([I]F)c([I]F)c1. The summed E-state index contributed by atoms with van der Waals surface area (Å²) in [7, 11) is 0. The van der Waals surface area contributed by atoms with Gasteiger partial charge in [0, 0.05) is 3.57 Å². The normalized spacial score (nSPS) is 10.6. The Hall–Kier alpha value is 1.86. The maximum Gasteiger partial charge on any atom is 0.111 e. The second kappa shape index (κ2) is 7.24. The van der Waals surface area contributed by atoms with Gasteiger partial charge >= 0.3 is 0 Å². The van der Waals surface area contributed by atoms with Crippen molar-refractivity contribution in [3.63, 3.8) is 0 Å². The zero-order valence-corrected chi connectivity index (χ0v) is 14.8. The number of halogens is 8. The van der Waals surface area contributed by atoms with Crippen LogP contribution in [0.2, 0.25) is 0 Å². The lowest BCUT2D eigenvalue weighted by molar-refractivity contribution is 1.02. The van der Waals surface area contributed by atoms with Crippen LogP contribution in [0.5, 0.6) is 0 Å². The summed E-state index contributed by atoms with van der Waals surface area (Å²) in [5, 5.41) is 0. The molecule has 0 unspecified atom stereocenters. The van der Waals surface area contributed by atoms with Gasteiger partial charge in [0.15, 0.2) is 0 Å². The van der Waals surface area contributed by atoms with E-state index in [1.807, 2.05) is 0 Å². The molecule has 0 heterocycles. The molecule has 0 aliphatic heterocycles. The molecular formula is C6H2F4I4. The van der Waals surface area contributed by atoms with E-state index < -0.39 is 87.1 Å². The highest BCUT2D eigenvalue weighted by atomic mass is 127. The fourth-order valence-electron chi connectivity index (χ4n) is 0.738. The van der Waals surface area contributed by atoms with Crippen molar-refractivity contribution in [1.82, 2.24) is 0 Å². The Kier molecular flexibility index (Phi) is 7.20. The van der Waals surface area contributed by atoms with Crippen molar-refractivity contribution < 1.29 is 11.4 Å². The Bertz CT molecular complexity index is 294. The van der Waals surface area contributed by atoms with E-state index >= 15 is 0 Å². The second-order valence-electron chi connectivity index (χ2n) is 1.97. The Balaban J connectivity index is 3.24. The van der Waals surface area contributed by atoms with Crippen molar-refractivity contribution in [2.24, 2.45) is 0 Å². The molecule has 0 saturated heterocycles. The average Bonchev–Trinajstić information content (AvgIpc) is 2.26. The van der Waals surface area contributed by atoms with Gasteiger partial charge in [-0.15, -0.1) is 0 Å². The molecule has 0 aromatic heterocycles. The first-order valence-corrected chi connectivity index (χ1v) is 10.6. The van der Waals surface area contributed by atoms with Crippen LogP contribution >= 0.6 is 87.1 Å². The third kappa shape index (κ3) is 3.43. The van der Waals surface area contributed by atoms with Gasteiger partial charge in [-0.1, -0.05) is 0 Å². The molecule has 0 atom stereocenters. The largest absolute Gasteiger partial charge is 0.179 e. The average molecular weight is 658 g/mol. The first-order valence-electron chi connectivity index (χ1n) is 2.98. The molecule has 0 fully saturated rings. The molecule has 0 amide bonds. The minimum absolute atomic E-state index is 0.232. The standard InChI is InChI=1S/C6H2F4I4/c7-11-3-1-4(12-8)6(14-10)5(2-3)13-9/h1-2H. The van der Waals surface area contributed by atoms with Gasteiger partial charge in [0.05, 0.1) is 10.7 Å². The molecule has 82 valence electrons. The number of rotatable bonds is 4. The van der Waals surface area contributed by atoms with Crippen molar-refractivity contribution in [3.05, 3.63) is 26.4 Å². The summed E-state index contributed by atoms with van der Waals surface area (Å²) in [6.45, 7) is 0. The molecule has 14 heavy (non-hydrogen) atoms. The zero-order chi connectivity index (χ0) is 10.6. The Morgan fingerprint density at radius 2 is 1.21 bits per heavy atom. The molecule has 4 radical (unpaired) electrons.